The molecule has 2 amide bonds. The molecule has 0 spiro atoms. The first-order chi connectivity index (χ1) is 16.1. The van der Waals surface area contributed by atoms with Gasteiger partial charge in [0.15, 0.2) is 0 Å². The normalized spacial score (nSPS) is 11.4. The topological polar surface area (TPSA) is 142 Å². The highest BCUT2D eigenvalue weighted by molar-refractivity contribution is 7.92. The maximum atomic E-state index is 14.1. The molecule has 2 aromatic heterocycles. The standard InChI is InChI=1S/C20H15ClFN5O5S2/c1-23-15-9-14-12(8-13(15)22)18(28)27(20(30)25-14)11-4-2-10(3-5-11)24-19(29)26-34(31,32)17-7-6-16(21)33-17/h2-9,23H,1H3,(H,25,30)(H2,24,26,29). The van der Waals surface area contributed by atoms with Gasteiger partial charge in [-0.25, -0.2) is 31.7 Å². The first-order valence-electron chi connectivity index (χ1n) is 9.45. The summed E-state index contributed by atoms with van der Waals surface area (Å²) >= 11 is 6.52. The molecular weight excluding hydrogens is 509 g/mol. The van der Waals surface area contributed by atoms with Gasteiger partial charge < -0.3 is 15.6 Å². The lowest BCUT2D eigenvalue weighted by Crippen LogP contribution is -2.34. The Hall–Kier alpha value is -3.68. The Bertz CT molecular complexity index is 1640. The van der Waals surface area contributed by atoms with Crippen LogP contribution in [0.3, 0.4) is 0 Å². The Morgan fingerprint density at radius 1 is 1.12 bits per heavy atom. The van der Waals surface area contributed by atoms with Gasteiger partial charge in [0.05, 0.1) is 26.6 Å². The summed E-state index contributed by atoms with van der Waals surface area (Å²) in [4.78, 5) is 40.0. The van der Waals surface area contributed by atoms with Crippen molar-refractivity contribution in [1.29, 1.82) is 0 Å². The van der Waals surface area contributed by atoms with Crippen molar-refractivity contribution in [2.24, 2.45) is 0 Å². The fourth-order valence-corrected chi connectivity index (χ4v) is 5.52. The van der Waals surface area contributed by atoms with Crippen molar-refractivity contribution >= 4 is 61.3 Å². The molecule has 4 aromatic rings. The first kappa shape index (κ1) is 23.5. The number of carbonyl (C=O) groups is 1. The average Bonchev–Trinajstić information content (AvgIpc) is 3.22. The van der Waals surface area contributed by atoms with Crippen LogP contribution in [0.5, 0.6) is 0 Å². The van der Waals surface area contributed by atoms with Gasteiger partial charge in [-0.05, 0) is 48.5 Å². The molecule has 0 aliphatic heterocycles. The van der Waals surface area contributed by atoms with Gasteiger partial charge in [-0.1, -0.05) is 11.6 Å². The lowest BCUT2D eigenvalue weighted by molar-refractivity contribution is 0.256. The number of nitrogens with one attached hydrogen (secondary N) is 4. The number of nitrogens with zero attached hydrogens (tertiary/aromatic N) is 1. The second-order valence-electron chi connectivity index (χ2n) is 6.86. The Morgan fingerprint density at radius 2 is 1.82 bits per heavy atom. The largest absolute Gasteiger partial charge is 0.386 e. The number of amides is 2. The molecule has 2 heterocycles. The van der Waals surface area contributed by atoms with Crippen molar-refractivity contribution < 1.29 is 17.6 Å². The predicted molar refractivity (Wildman–Crippen MR) is 128 cm³/mol. The zero-order valence-electron chi connectivity index (χ0n) is 17.2. The summed E-state index contributed by atoms with van der Waals surface area (Å²) in [6.07, 6.45) is 0. The summed E-state index contributed by atoms with van der Waals surface area (Å²) in [5.41, 5.74) is -0.850. The maximum absolute atomic E-state index is 14.1. The van der Waals surface area contributed by atoms with E-state index in [1.54, 1.807) is 0 Å². The van der Waals surface area contributed by atoms with Gasteiger partial charge in [0.1, 0.15) is 10.0 Å². The number of urea groups is 1. The lowest BCUT2D eigenvalue weighted by atomic mass is 10.2. The van der Waals surface area contributed by atoms with Gasteiger partial charge in [0.2, 0.25) is 0 Å². The number of aromatic nitrogens is 2. The molecule has 0 aliphatic rings. The van der Waals surface area contributed by atoms with Gasteiger partial charge >= 0.3 is 11.7 Å². The number of thiophene rings is 1. The van der Waals surface area contributed by atoms with Crippen molar-refractivity contribution in [3.63, 3.8) is 0 Å². The number of rotatable bonds is 5. The molecule has 0 bridgehead atoms. The summed E-state index contributed by atoms with van der Waals surface area (Å²) in [6, 6.07) is 9.44. The highest BCUT2D eigenvalue weighted by atomic mass is 35.5. The Kier molecular flexibility index (Phi) is 6.17. The third-order valence-electron chi connectivity index (χ3n) is 4.68. The van der Waals surface area contributed by atoms with Crippen molar-refractivity contribution in [2.75, 3.05) is 17.7 Å². The average molecular weight is 524 g/mol. The molecule has 0 saturated carbocycles. The van der Waals surface area contributed by atoms with Crippen LogP contribution in [0.15, 0.2) is 62.3 Å². The van der Waals surface area contributed by atoms with Crippen LogP contribution in [0, 0.1) is 5.82 Å². The third-order valence-corrected chi connectivity index (χ3v) is 7.73. The number of H-pyrrole nitrogens is 1. The summed E-state index contributed by atoms with van der Waals surface area (Å²) in [7, 11) is -2.60. The van der Waals surface area contributed by atoms with Crippen LogP contribution < -0.4 is 26.6 Å². The molecule has 0 saturated heterocycles. The summed E-state index contributed by atoms with van der Waals surface area (Å²) in [5.74, 6) is -0.656. The van der Waals surface area contributed by atoms with Crippen LogP contribution >= 0.6 is 22.9 Å². The molecule has 0 unspecified atom stereocenters. The van der Waals surface area contributed by atoms with E-state index in [0.717, 1.165) is 22.0 Å². The number of fused-ring (bicyclic) bond motifs is 1. The van der Waals surface area contributed by atoms with E-state index in [-0.39, 0.29) is 36.5 Å². The number of hydrogen-bond acceptors (Lipinski definition) is 7. The van der Waals surface area contributed by atoms with E-state index < -0.39 is 33.1 Å². The molecular formula is C20H15ClFN5O5S2. The van der Waals surface area contributed by atoms with Crippen molar-refractivity contribution in [3.05, 3.63) is 79.5 Å². The smallest absolute Gasteiger partial charge is 0.333 e. The lowest BCUT2D eigenvalue weighted by Gasteiger charge is -2.10. The summed E-state index contributed by atoms with van der Waals surface area (Å²) in [6.45, 7) is 0. The zero-order valence-corrected chi connectivity index (χ0v) is 19.6. The second kappa shape index (κ2) is 8.93. The van der Waals surface area contributed by atoms with E-state index >= 15 is 0 Å². The SMILES string of the molecule is CNc1cc2[nH]c(=O)n(-c3ccc(NC(=O)NS(=O)(=O)c4ccc(Cl)s4)cc3)c(=O)c2cc1F. The van der Waals surface area contributed by atoms with E-state index in [9.17, 15) is 27.2 Å². The van der Waals surface area contributed by atoms with Crippen LogP contribution in [0.4, 0.5) is 20.6 Å². The van der Waals surface area contributed by atoms with Crippen molar-refractivity contribution in [3.8, 4) is 5.69 Å². The fourth-order valence-electron chi connectivity index (χ4n) is 3.13. The number of anilines is 2. The van der Waals surface area contributed by atoms with E-state index in [2.05, 4.69) is 15.6 Å². The van der Waals surface area contributed by atoms with E-state index in [4.69, 9.17) is 11.6 Å². The fraction of sp³-hybridized carbons (Fsp3) is 0.0500. The molecule has 176 valence electrons. The van der Waals surface area contributed by atoms with Crippen LogP contribution in [0.25, 0.3) is 16.6 Å². The monoisotopic (exact) mass is 523 g/mol. The van der Waals surface area contributed by atoms with Crippen molar-refractivity contribution in [2.45, 2.75) is 4.21 Å². The molecule has 0 fully saturated rings. The number of sulfonamides is 1. The molecule has 0 atom stereocenters. The Morgan fingerprint density at radius 3 is 2.44 bits per heavy atom. The quantitative estimate of drug-likeness (QED) is 0.316. The van der Waals surface area contributed by atoms with Gasteiger partial charge in [-0.15, -0.1) is 11.3 Å². The molecule has 0 aliphatic carbocycles. The van der Waals surface area contributed by atoms with Crippen LogP contribution in [0.1, 0.15) is 0 Å². The first-order valence-corrected chi connectivity index (χ1v) is 12.1. The van der Waals surface area contributed by atoms with Crippen LogP contribution in [-0.4, -0.2) is 31.0 Å². The van der Waals surface area contributed by atoms with E-state index in [1.165, 1.54) is 49.5 Å². The predicted octanol–water partition coefficient (Wildman–Crippen LogP) is 3.09. The van der Waals surface area contributed by atoms with Gasteiger partial charge in [0.25, 0.3) is 15.6 Å². The molecule has 34 heavy (non-hydrogen) atoms. The molecule has 4 rings (SSSR count). The van der Waals surface area contributed by atoms with E-state index in [1.807, 2.05) is 4.72 Å². The number of carbonyl (C=O) groups excluding carboxylic acids is 1. The zero-order chi connectivity index (χ0) is 24.6. The Balaban J connectivity index is 1.58. The molecule has 2 aromatic carbocycles. The summed E-state index contributed by atoms with van der Waals surface area (Å²) < 4.78 is 41.3. The highest BCUT2D eigenvalue weighted by Gasteiger charge is 2.20. The van der Waals surface area contributed by atoms with Gasteiger partial charge in [-0.2, -0.15) is 0 Å². The minimum absolute atomic E-state index is 0.0310. The van der Waals surface area contributed by atoms with E-state index in [0.29, 0.717) is 0 Å². The molecule has 0 radical (unpaired) electrons. The minimum atomic E-state index is -4.10. The number of aromatic amines is 1. The van der Waals surface area contributed by atoms with Crippen LogP contribution in [-0.2, 0) is 10.0 Å². The molecule has 14 heteroatoms. The van der Waals surface area contributed by atoms with Gasteiger partial charge in [0, 0.05) is 12.7 Å². The van der Waals surface area contributed by atoms with Crippen LogP contribution in [0.2, 0.25) is 4.34 Å². The number of hydrogen-bond donors (Lipinski definition) is 4. The Labute approximate surface area is 200 Å². The van der Waals surface area contributed by atoms with Gasteiger partial charge in [-0.3, -0.25) is 4.79 Å². The maximum Gasteiger partial charge on any atom is 0.333 e. The number of halogens is 2. The molecule has 10 nitrogen and oxygen atoms in total. The second-order valence-corrected chi connectivity index (χ2v) is 10.5. The number of benzene rings is 2. The summed E-state index contributed by atoms with van der Waals surface area (Å²) in [5, 5.41) is 4.94. The molecule has 4 N–H and O–H groups in total. The third kappa shape index (κ3) is 4.53. The van der Waals surface area contributed by atoms with Crippen molar-refractivity contribution in [1.82, 2.24) is 14.3 Å². The minimum Gasteiger partial charge on any atom is -0.386 e. The highest BCUT2D eigenvalue weighted by Crippen LogP contribution is 2.25.